The molecule has 0 fully saturated rings. The Morgan fingerprint density at radius 2 is 1.57 bits per heavy atom. The molecule has 2 aromatic carbocycles. The van der Waals surface area contributed by atoms with Gasteiger partial charge in [-0.05, 0) is 24.6 Å². The number of hydrogen-bond acceptors (Lipinski definition) is 4. The number of nitrogens with two attached hydrogens (primary N) is 1. The number of rotatable bonds is 3. The third-order valence-electron chi connectivity index (χ3n) is 2.91. The first-order valence-electron chi connectivity index (χ1n) is 6.61. The van der Waals surface area contributed by atoms with Crippen LogP contribution in [0, 0.1) is 0 Å². The van der Waals surface area contributed by atoms with Gasteiger partial charge in [0.2, 0.25) is 0 Å². The van der Waals surface area contributed by atoms with Crippen LogP contribution in [0.4, 0.5) is 5.69 Å². The lowest BCUT2D eigenvalue weighted by atomic mass is 9.93. The first-order valence-corrected chi connectivity index (χ1v) is 6.61. The van der Waals surface area contributed by atoms with Crippen molar-refractivity contribution in [3.63, 3.8) is 0 Å². The first-order chi connectivity index (χ1) is 9.95. The average molecular weight is 287 g/mol. The fourth-order valence-electron chi connectivity index (χ4n) is 1.71. The van der Waals surface area contributed by atoms with Crippen molar-refractivity contribution in [1.29, 1.82) is 0 Å². The minimum Gasteiger partial charge on any atom is -0.469 e. The topological polar surface area (TPSA) is 72.5 Å². The van der Waals surface area contributed by atoms with E-state index < -0.39 is 11.6 Å². The number of methoxy groups -OCH3 is 1. The average Bonchev–Trinajstić information content (AvgIpc) is 2.49. The molecule has 2 aromatic rings. The predicted octanol–water partition coefficient (Wildman–Crippen LogP) is 2.73. The molecule has 0 radical (unpaired) electrons. The Hall–Kier alpha value is -2.33. The molecule has 3 N–H and O–H groups in total. The Morgan fingerprint density at radius 3 is 1.95 bits per heavy atom. The van der Waals surface area contributed by atoms with Crippen molar-refractivity contribution in [2.24, 2.45) is 0 Å². The molecule has 0 spiro atoms. The summed E-state index contributed by atoms with van der Waals surface area (Å²) >= 11 is 0. The van der Waals surface area contributed by atoms with Gasteiger partial charge in [-0.15, -0.1) is 0 Å². The monoisotopic (exact) mass is 287 g/mol. The zero-order valence-electron chi connectivity index (χ0n) is 12.3. The van der Waals surface area contributed by atoms with Gasteiger partial charge in [-0.2, -0.15) is 0 Å². The van der Waals surface area contributed by atoms with Crippen molar-refractivity contribution in [1.82, 2.24) is 0 Å². The van der Waals surface area contributed by atoms with Crippen molar-refractivity contribution < 1.29 is 14.6 Å². The van der Waals surface area contributed by atoms with Gasteiger partial charge < -0.3 is 15.6 Å². The van der Waals surface area contributed by atoms with Gasteiger partial charge >= 0.3 is 5.97 Å². The van der Waals surface area contributed by atoms with E-state index in [1.807, 2.05) is 48.5 Å². The minimum absolute atomic E-state index is 0.0342. The highest BCUT2D eigenvalue weighted by Crippen LogP contribution is 2.24. The Morgan fingerprint density at radius 1 is 1.10 bits per heavy atom. The number of nitrogen functional groups attached to an aromatic ring is 1. The summed E-state index contributed by atoms with van der Waals surface area (Å²) in [4.78, 5) is 11.0. The number of aliphatic hydroxyl groups is 1. The van der Waals surface area contributed by atoms with Crippen LogP contribution in [0.3, 0.4) is 0 Å². The highest BCUT2D eigenvalue weighted by Gasteiger charge is 2.26. The summed E-state index contributed by atoms with van der Waals surface area (Å²) in [6, 6.07) is 18.5. The molecule has 0 heterocycles. The molecule has 0 aliphatic rings. The molecule has 0 amide bonds. The highest BCUT2D eigenvalue weighted by molar-refractivity contribution is 5.70. The largest absolute Gasteiger partial charge is 0.469 e. The van der Waals surface area contributed by atoms with E-state index in [0.29, 0.717) is 5.56 Å². The molecular weight excluding hydrogens is 266 g/mol. The van der Waals surface area contributed by atoms with Gasteiger partial charge in [-0.1, -0.05) is 48.5 Å². The summed E-state index contributed by atoms with van der Waals surface area (Å²) in [7, 11) is 1.31. The zero-order chi connectivity index (χ0) is 15.7. The van der Waals surface area contributed by atoms with E-state index >= 15 is 0 Å². The molecule has 4 nitrogen and oxygen atoms in total. The summed E-state index contributed by atoms with van der Waals surface area (Å²) in [6.07, 6.45) is -0.0342. The van der Waals surface area contributed by atoms with Gasteiger partial charge in [0.1, 0.15) is 0 Å². The molecule has 0 saturated carbocycles. The molecule has 1 atom stereocenters. The maximum atomic E-state index is 11.0. The van der Waals surface area contributed by atoms with Gasteiger partial charge in [-0.3, -0.25) is 4.79 Å². The molecule has 21 heavy (non-hydrogen) atoms. The van der Waals surface area contributed by atoms with Crippen LogP contribution in [0.2, 0.25) is 0 Å². The lowest BCUT2D eigenvalue weighted by molar-refractivity contribution is -0.145. The number of ether oxygens (including phenoxy) is 1. The number of carbonyl (C=O) groups is 1. The second-order valence-corrected chi connectivity index (χ2v) is 4.80. The van der Waals surface area contributed by atoms with Crippen LogP contribution < -0.4 is 5.73 Å². The molecule has 0 bridgehead atoms. The minimum atomic E-state index is -1.16. The summed E-state index contributed by atoms with van der Waals surface area (Å²) in [6.45, 7) is 1.60. The molecule has 1 unspecified atom stereocenters. The number of carbonyl (C=O) groups excluding carboxylic acids is 1. The Labute approximate surface area is 125 Å². The van der Waals surface area contributed by atoms with Crippen LogP contribution >= 0.6 is 0 Å². The molecule has 0 aliphatic heterocycles. The lowest BCUT2D eigenvalue weighted by Gasteiger charge is -2.22. The quantitative estimate of drug-likeness (QED) is 0.672. The van der Waals surface area contributed by atoms with Crippen LogP contribution in [0.15, 0.2) is 60.7 Å². The fourth-order valence-corrected chi connectivity index (χ4v) is 1.71. The van der Waals surface area contributed by atoms with Crippen LogP contribution in [0.25, 0.3) is 0 Å². The van der Waals surface area contributed by atoms with E-state index in [-0.39, 0.29) is 6.42 Å². The third-order valence-corrected chi connectivity index (χ3v) is 2.91. The molecular formula is C17H21NO3. The SMILES string of the molecule is COC(=O)CC(C)(O)c1ccccc1.Nc1ccccc1. The molecule has 0 saturated heterocycles. The predicted molar refractivity (Wildman–Crippen MR) is 83.5 cm³/mol. The maximum absolute atomic E-state index is 11.0. The van der Waals surface area contributed by atoms with Crippen LogP contribution in [-0.2, 0) is 15.1 Å². The van der Waals surface area contributed by atoms with Gasteiger partial charge in [0.25, 0.3) is 0 Å². The number of anilines is 1. The van der Waals surface area contributed by atoms with Crippen molar-refractivity contribution in [3.8, 4) is 0 Å². The molecule has 0 aromatic heterocycles. The first kappa shape index (κ1) is 16.7. The van der Waals surface area contributed by atoms with E-state index in [1.54, 1.807) is 19.1 Å². The molecule has 0 aliphatic carbocycles. The van der Waals surface area contributed by atoms with Crippen LogP contribution in [0.1, 0.15) is 18.9 Å². The van der Waals surface area contributed by atoms with E-state index in [9.17, 15) is 9.90 Å². The summed E-state index contributed by atoms with van der Waals surface area (Å²) in [5.41, 5.74) is 5.73. The fraction of sp³-hybridized carbons (Fsp3) is 0.235. The number of para-hydroxylation sites is 1. The van der Waals surface area contributed by atoms with Crippen molar-refractivity contribution in [3.05, 3.63) is 66.2 Å². The van der Waals surface area contributed by atoms with Gasteiger partial charge in [0, 0.05) is 5.69 Å². The standard InChI is InChI=1S/C11H14O3.C6H7N/c1-11(13,8-10(12)14-2)9-6-4-3-5-7-9;7-6-4-2-1-3-5-6/h3-7,13H,8H2,1-2H3;1-5H,7H2. The number of hydrogen-bond donors (Lipinski definition) is 2. The van der Waals surface area contributed by atoms with Crippen molar-refractivity contribution in [2.75, 3.05) is 12.8 Å². The van der Waals surface area contributed by atoms with Gasteiger partial charge in [0.15, 0.2) is 0 Å². The van der Waals surface area contributed by atoms with Gasteiger partial charge in [-0.25, -0.2) is 0 Å². The van der Waals surface area contributed by atoms with E-state index in [4.69, 9.17) is 5.73 Å². The Bertz CT molecular complexity index is 538. The molecule has 4 heteroatoms. The second-order valence-electron chi connectivity index (χ2n) is 4.80. The highest BCUT2D eigenvalue weighted by atomic mass is 16.5. The van der Waals surface area contributed by atoms with Crippen LogP contribution in [-0.4, -0.2) is 18.2 Å². The van der Waals surface area contributed by atoms with E-state index in [0.717, 1.165) is 5.69 Å². The Balaban J connectivity index is 0.000000262. The summed E-state index contributed by atoms with van der Waals surface area (Å²) in [5, 5.41) is 9.99. The normalized spacial score (nSPS) is 12.5. The number of esters is 1. The molecule has 2 rings (SSSR count). The van der Waals surface area contributed by atoms with Gasteiger partial charge in [0.05, 0.1) is 19.1 Å². The number of benzene rings is 2. The summed E-state index contributed by atoms with van der Waals surface area (Å²) in [5.74, 6) is -0.418. The van der Waals surface area contributed by atoms with Crippen molar-refractivity contribution in [2.45, 2.75) is 18.9 Å². The van der Waals surface area contributed by atoms with Crippen LogP contribution in [0.5, 0.6) is 0 Å². The second kappa shape index (κ2) is 8.07. The van der Waals surface area contributed by atoms with Crippen molar-refractivity contribution >= 4 is 11.7 Å². The zero-order valence-corrected chi connectivity index (χ0v) is 12.3. The van der Waals surface area contributed by atoms with E-state index in [2.05, 4.69) is 4.74 Å². The third kappa shape index (κ3) is 6.10. The maximum Gasteiger partial charge on any atom is 0.308 e. The Kier molecular flexibility index (Phi) is 6.43. The lowest BCUT2D eigenvalue weighted by Crippen LogP contribution is -2.25. The smallest absolute Gasteiger partial charge is 0.308 e. The van der Waals surface area contributed by atoms with E-state index in [1.165, 1.54) is 7.11 Å². The molecule has 112 valence electrons. The summed E-state index contributed by atoms with van der Waals surface area (Å²) < 4.78 is 4.51.